The topological polar surface area (TPSA) is 79.9 Å². The van der Waals surface area contributed by atoms with Crippen LogP contribution >= 0.6 is 0 Å². The van der Waals surface area contributed by atoms with Crippen LogP contribution in [-0.2, 0) is 19.1 Å². The molecule has 2 atom stereocenters. The van der Waals surface area contributed by atoms with Gasteiger partial charge in [0.2, 0.25) is 5.91 Å². The summed E-state index contributed by atoms with van der Waals surface area (Å²) in [7, 11) is 0. The number of nitrogens with zero attached hydrogens (tertiary/aromatic N) is 1. The summed E-state index contributed by atoms with van der Waals surface area (Å²) in [6.07, 6.45) is -0.751. The molecule has 2 N–H and O–H groups in total. The average molecular weight is 361 g/mol. The zero-order valence-electron chi connectivity index (χ0n) is 15.4. The molecule has 7 nitrogen and oxygen atoms in total. The van der Waals surface area contributed by atoms with E-state index in [0.29, 0.717) is 0 Å². The van der Waals surface area contributed by atoms with E-state index in [1.807, 2.05) is 44.2 Å². The van der Waals surface area contributed by atoms with Crippen LogP contribution in [0.2, 0.25) is 0 Å². The number of benzene rings is 1. The van der Waals surface area contributed by atoms with E-state index in [1.54, 1.807) is 0 Å². The Labute approximate surface area is 154 Å². The van der Waals surface area contributed by atoms with Crippen LogP contribution in [0.15, 0.2) is 30.3 Å². The fraction of sp³-hybridized carbons (Fsp3) is 0.579. The van der Waals surface area contributed by atoms with Gasteiger partial charge in [0.05, 0.1) is 19.3 Å². The zero-order chi connectivity index (χ0) is 18.6. The molecule has 0 radical (unpaired) electrons. The lowest BCUT2D eigenvalue weighted by Gasteiger charge is -2.38. The van der Waals surface area contributed by atoms with Gasteiger partial charge >= 0.3 is 0 Å². The number of rotatable bonds is 5. The average Bonchev–Trinajstić information content (AvgIpc) is 2.62. The molecule has 2 fully saturated rings. The highest BCUT2D eigenvalue weighted by Gasteiger charge is 2.38. The Morgan fingerprint density at radius 3 is 2.65 bits per heavy atom. The van der Waals surface area contributed by atoms with Crippen molar-refractivity contribution in [1.82, 2.24) is 15.5 Å². The summed E-state index contributed by atoms with van der Waals surface area (Å²) >= 11 is 0. The van der Waals surface area contributed by atoms with Crippen molar-refractivity contribution in [2.24, 2.45) is 0 Å². The Balaban J connectivity index is 1.67. The van der Waals surface area contributed by atoms with Crippen LogP contribution in [0.3, 0.4) is 0 Å². The Kier molecular flexibility index (Phi) is 5.90. The van der Waals surface area contributed by atoms with Gasteiger partial charge in [0, 0.05) is 25.2 Å². The van der Waals surface area contributed by atoms with Crippen molar-refractivity contribution in [3.05, 3.63) is 35.9 Å². The summed E-state index contributed by atoms with van der Waals surface area (Å²) in [6.45, 7) is 7.79. The molecule has 2 saturated heterocycles. The number of ether oxygens (including phenoxy) is 2. The van der Waals surface area contributed by atoms with Gasteiger partial charge in [-0.25, -0.2) is 0 Å². The maximum atomic E-state index is 12.9. The molecule has 0 bridgehead atoms. The quantitative estimate of drug-likeness (QED) is 0.797. The second kappa shape index (κ2) is 8.16. The summed E-state index contributed by atoms with van der Waals surface area (Å²) in [5, 5.41) is 5.97. The minimum absolute atomic E-state index is 0.106. The molecule has 0 aromatic heterocycles. The number of carbonyl (C=O) groups is 2. The lowest BCUT2D eigenvalue weighted by Crippen LogP contribution is -2.59. The van der Waals surface area contributed by atoms with E-state index in [-0.39, 0.29) is 18.4 Å². The molecule has 1 aromatic carbocycles. The Morgan fingerprint density at radius 2 is 1.96 bits per heavy atom. The van der Waals surface area contributed by atoms with Crippen molar-refractivity contribution in [3.8, 4) is 0 Å². The molecule has 7 heteroatoms. The maximum absolute atomic E-state index is 12.9. The van der Waals surface area contributed by atoms with Gasteiger partial charge in [0.25, 0.3) is 5.91 Å². The lowest BCUT2D eigenvalue weighted by atomic mass is 9.97. The van der Waals surface area contributed by atoms with E-state index in [2.05, 4.69) is 15.5 Å². The van der Waals surface area contributed by atoms with E-state index < -0.39 is 17.7 Å². The number of nitrogens with one attached hydrogen (secondary N) is 2. The first kappa shape index (κ1) is 18.8. The zero-order valence-corrected chi connectivity index (χ0v) is 15.4. The fourth-order valence-electron chi connectivity index (χ4n) is 3.46. The fourth-order valence-corrected chi connectivity index (χ4v) is 3.46. The molecule has 2 aliphatic heterocycles. The van der Waals surface area contributed by atoms with Crippen LogP contribution in [0, 0.1) is 0 Å². The second-order valence-corrected chi connectivity index (χ2v) is 7.45. The minimum atomic E-state index is -0.751. The predicted octanol–water partition coefficient (Wildman–Crippen LogP) is 0.470. The van der Waals surface area contributed by atoms with Crippen molar-refractivity contribution < 1.29 is 19.1 Å². The van der Waals surface area contributed by atoms with Gasteiger partial charge < -0.3 is 20.1 Å². The Bertz CT molecular complexity index is 629. The maximum Gasteiger partial charge on any atom is 0.252 e. The first-order valence-corrected chi connectivity index (χ1v) is 9.03. The third-order valence-electron chi connectivity index (χ3n) is 4.61. The number of amides is 2. The smallest absolute Gasteiger partial charge is 0.252 e. The highest BCUT2D eigenvalue weighted by atomic mass is 16.5. The third kappa shape index (κ3) is 4.81. The molecule has 0 unspecified atom stereocenters. The van der Waals surface area contributed by atoms with Crippen LogP contribution in [-0.4, -0.2) is 67.8 Å². The molecule has 1 aromatic rings. The molecule has 2 heterocycles. The van der Waals surface area contributed by atoms with Gasteiger partial charge in [0.15, 0.2) is 6.10 Å². The first-order valence-electron chi connectivity index (χ1n) is 9.03. The van der Waals surface area contributed by atoms with Crippen molar-refractivity contribution >= 4 is 11.8 Å². The van der Waals surface area contributed by atoms with Crippen LogP contribution in [0.25, 0.3) is 0 Å². The second-order valence-electron chi connectivity index (χ2n) is 7.45. The number of carbonyl (C=O) groups excluding carboxylic acids is 2. The van der Waals surface area contributed by atoms with Crippen LogP contribution in [0.1, 0.15) is 25.5 Å². The van der Waals surface area contributed by atoms with Crippen LogP contribution < -0.4 is 10.6 Å². The highest BCUT2D eigenvalue weighted by molar-refractivity contribution is 5.86. The van der Waals surface area contributed by atoms with Gasteiger partial charge in [0.1, 0.15) is 6.61 Å². The SMILES string of the molecule is CC(C)(CN1CCOCC1)NC(=O)[C@H]1OCC(=O)N[C@@H]1c1ccccc1. The van der Waals surface area contributed by atoms with E-state index in [9.17, 15) is 9.59 Å². The number of hydrogen-bond donors (Lipinski definition) is 2. The van der Waals surface area contributed by atoms with E-state index in [1.165, 1.54) is 0 Å². The molecule has 0 spiro atoms. The molecule has 2 aliphatic rings. The molecule has 2 amide bonds. The van der Waals surface area contributed by atoms with E-state index in [0.717, 1.165) is 38.4 Å². The molecule has 0 saturated carbocycles. The van der Waals surface area contributed by atoms with E-state index >= 15 is 0 Å². The van der Waals surface area contributed by atoms with Crippen molar-refractivity contribution in [2.75, 3.05) is 39.5 Å². The van der Waals surface area contributed by atoms with Gasteiger partial charge in [-0.3, -0.25) is 14.5 Å². The number of morpholine rings is 2. The van der Waals surface area contributed by atoms with Crippen molar-refractivity contribution in [3.63, 3.8) is 0 Å². The molecule has 142 valence electrons. The minimum Gasteiger partial charge on any atom is -0.379 e. The number of hydrogen-bond acceptors (Lipinski definition) is 5. The molecule has 26 heavy (non-hydrogen) atoms. The standard InChI is InChI=1S/C19H27N3O4/c1-19(2,13-22-8-10-25-11-9-22)21-18(24)17-16(20-15(23)12-26-17)14-6-4-3-5-7-14/h3-7,16-17H,8-13H2,1-2H3,(H,20,23)(H,21,24)/t16-,17+/m1/s1. The van der Waals surface area contributed by atoms with Gasteiger partial charge in [-0.1, -0.05) is 30.3 Å². The lowest BCUT2D eigenvalue weighted by molar-refractivity contribution is -0.149. The molecule has 0 aliphatic carbocycles. The van der Waals surface area contributed by atoms with Gasteiger partial charge in [-0.15, -0.1) is 0 Å². The summed E-state index contributed by atoms with van der Waals surface area (Å²) in [6, 6.07) is 8.95. The first-order chi connectivity index (χ1) is 12.4. The molecular formula is C19H27N3O4. The van der Waals surface area contributed by atoms with E-state index in [4.69, 9.17) is 9.47 Å². The van der Waals surface area contributed by atoms with Crippen molar-refractivity contribution in [1.29, 1.82) is 0 Å². The predicted molar refractivity (Wildman–Crippen MR) is 96.5 cm³/mol. The molecule has 3 rings (SSSR count). The highest BCUT2D eigenvalue weighted by Crippen LogP contribution is 2.23. The largest absolute Gasteiger partial charge is 0.379 e. The summed E-state index contributed by atoms with van der Waals surface area (Å²) in [5.41, 5.74) is 0.437. The van der Waals surface area contributed by atoms with Crippen LogP contribution in [0.4, 0.5) is 0 Å². The van der Waals surface area contributed by atoms with Crippen molar-refractivity contribution in [2.45, 2.75) is 31.5 Å². The Hall–Kier alpha value is -1.96. The van der Waals surface area contributed by atoms with Gasteiger partial charge in [-0.05, 0) is 19.4 Å². The summed E-state index contributed by atoms with van der Waals surface area (Å²) < 4.78 is 11.0. The normalized spacial score (nSPS) is 24.8. The summed E-state index contributed by atoms with van der Waals surface area (Å²) in [4.78, 5) is 27.0. The molecular weight excluding hydrogens is 334 g/mol. The Morgan fingerprint density at radius 1 is 1.27 bits per heavy atom. The van der Waals surface area contributed by atoms with Gasteiger partial charge in [-0.2, -0.15) is 0 Å². The monoisotopic (exact) mass is 361 g/mol. The van der Waals surface area contributed by atoms with Crippen LogP contribution in [0.5, 0.6) is 0 Å². The summed E-state index contributed by atoms with van der Waals surface area (Å²) in [5.74, 6) is -0.424. The third-order valence-corrected chi connectivity index (χ3v) is 4.61.